The van der Waals surface area contributed by atoms with Gasteiger partial charge in [-0.05, 0) is 26.0 Å². The Morgan fingerprint density at radius 1 is 0.933 bits per heavy atom. The summed E-state index contributed by atoms with van der Waals surface area (Å²) in [5, 5.41) is 0. The number of amides is 4. The van der Waals surface area contributed by atoms with Gasteiger partial charge in [-0.3, -0.25) is 19.3 Å². The molecule has 3 rings (SSSR count). The SMILES string of the molecule is CCOC(=O)N1CCN(C(=O)COC(=O)C(C)N2C(=O)c3ccccc3C2=O)CC1. The number of imide groups is 1. The average molecular weight is 417 g/mol. The zero-order valence-corrected chi connectivity index (χ0v) is 16.8. The summed E-state index contributed by atoms with van der Waals surface area (Å²) in [5.74, 6) is -2.40. The highest BCUT2D eigenvalue weighted by molar-refractivity contribution is 6.22. The third-order valence-corrected chi connectivity index (χ3v) is 5.05. The molecule has 4 amide bonds. The Morgan fingerprint density at radius 3 is 2.00 bits per heavy atom. The van der Waals surface area contributed by atoms with Gasteiger partial charge in [0.1, 0.15) is 6.04 Å². The molecule has 10 nitrogen and oxygen atoms in total. The number of esters is 1. The van der Waals surface area contributed by atoms with Gasteiger partial charge in [-0.15, -0.1) is 0 Å². The smallest absolute Gasteiger partial charge is 0.409 e. The zero-order valence-electron chi connectivity index (χ0n) is 16.8. The van der Waals surface area contributed by atoms with Crippen LogP contribution in [0.1, 0.15) is 34.6 Å². The van der Waals surface area contributed by atoms with Crippen molar-refractivity contribution in [2.24, 2.45) is 0 Å². The molecule has 1 aromatic carbocycles. The molecule has 10 heteroatoms. The average Bonchev–Trinajstić information content (AvgIpc) is 3.02. The molecule has 0 aromatic heterocycles. The van der Waals surface area contributed by atoms with E-state index in [0.29, 0.717) is 26.2 Å². The zero-order chi connectivity index (χ0) is 21.8. The van der Waals surface area contributed by atoms with Crippen molar-refractivity contribution in [3.8, 4) is 0 Å². The minimum absolute atomic E-state index is 0.234. The van der Waals surface area contributed by atoms with Gasteiger partial charge in [-0.25, -0.2) is 9.59 Å². The maximum absolute atomic E-state index is 12.5. The lowest BCUT2D eigenvalue weighted by molar-refractivity contribution is -0.155. The highest BCUT2D eigenvalue weighted by Crippen LogP contribution is 2.24. The molecule has 1 aromatic rings. The predicted molar refractivity (Wildman–Crippen MR) is 103 cm³/mol. The van der Waals surface area contributed by atoms with Crippen LogP contribution in [0.3, 0.4) is 0 Å². The maximum Gasteiger partial charge on any atom is 0.409 e. The number of hydrogen-bond acceptors (Lipinski definition) is 7. The fourth-order valence-corrected chi connectivity index (χ4v) is 3.36. The molecule has 2 heterocycles. The summed E-state index contributed by atoms with van der Waals surface area (Å²) in [7, 11) is 0. The summed E-state index contributed by atoms with van der Waals surface area (Å²) in [4.78, 5) is 65.1. The van der Waals surface area contributed by atoms with E-state index in [1.165, 1.54) is 28.9 Å². The Morgan fingerprint density at radius 2 is 1.47 bits per heavy atom. The second kappa shape index (κ2) is 8.93. The fourth-order valence-electron chi connectivity index (χ4n) is 3.36. The molecule has 160 valence electrons. The van der Waals surface area contributed by atoms with E-state index >= 15 is 0 Å². The van der Waals surface area contributed by atoms with Gasteiger partial charge in [-0.1, -0.05) is 12.1 Å². The second-order valence-corrected chi connectivity index (χ2v) is 6.88. The van der Waals surface area contributed by atoms with Crippen LogP contribution in [0.15, 0.2) is 24.3 Å². The van der Waals surface area contributed by atoms with Crippen LogP contribution in [-0.2, 0) is 19.1 Å². The summed E-state index contributed by atoms with van der Waals surface area (Å²) in [6.07, 6.45) is -0.425. The summed E-state index contributed by atoms with van der Waals surface area (Å²) >= 11 is 0. The van der Waals surface area contributed by atoms with Crippen LogP contribution < -0.4 is 0 Å². The molecular formula is C20H23N3O7. The van der Waals surface area contributed by atoms with Crippen LogP contribution in [0, 0.1) is 0 Å². The van der Waals surface area contributed by atoms with Crippen LogP contribution in [0.4, 0.5) is 4.79 Å². The van der Waals surface area contributed by atoms with Crippen LogP contribution >= 0.6 is 0 Å². The van der Waals surface area contributed by atoms with Gasteiger partial charge >= 0.3 is 12.1 Å². The Balaban J connectivity index is 1.50. The first-order valence-electron chi connectivity index (χ1n) is 9.68. The van der Waals surface area contributed by atoms with Crippen LogP contribution in [-0.4, -0.2) is 89.9 Å². The lowest BCUT2D eigenvalue weighted by atomic mass is 10.1. The number of carbonyl (C=O) groups excluding carboxylic acids is 5. The number of benzene rings is 1. The Bertz CT molecular complexity index is 842. The lowest BCUT2D eigenvalue weighted by Crippen LogP contribution is -2.52. The molecule has 0 aliphatic carbocycles. The van der Waals surface area contributed by atoms with Crippen LogP contribution in [0.5, 0.6) is 0 Å². The number of nitrogens with zero attached hydrogens (tertiary/aromatic N) is 3. The number of hydrogen-bond donors (Lipinski definition) is 0. The molecule has 1 fully saturated rings. The lowest BCUT2D eigenvalue weighted by Gasteiger charge is -2.34. The van der Waals surface area contributed by atoms with Crippen molar-refractivity contribution in [3.63, 3.8) is 0 Å². The van der Waals surface area contributed by atoms with Crippen molar-refractivity contribution in [2.45, 2.75) is 19.9 Å². The topological polar surface area (TPSA) is 114 Å². The Labute approximate surface area is 173 Å². The molecule has 0 saturated carbocycles. The van der Waals surface area contributed by atoms with Gasteiger partial charge < -0.3 is 19.3 Å². The number of carbonyl (C=O) groups is 5. The van der Waals surface area contributed by atoms with Gasteiger partial charge in [-0.2, -0.15) is 0 Å². The van der Waals surface area contributed by atoms with Crippen LogP contribution in [0.2, 0.25) is 0 Å². The number of ether oxygens (including phenoxy) is 2. The third kappa shape index (κ3) is 4.12. The van der Waals surface area contributed by atoms with Crippen molar-refractivity contribution >= 4 is 29.8 Å². The largest absolute Gasteiger partial charge is 0.454 e. The van der Waals surface area contributed by atoms with Crippen molar-refractivity contribution < 1.29 is 33.4 Å². The summed E-state index contributed by atoms with van der Waals surface area (Å²) < 4.78 is 9.98. The van der Waals surface area contributed by atoms with E-state index in [4.69, 9.17) is 9.47 Å². The van der Waals surface area contributed by atoms with Gasteiger partial charge in [0.15, 0.2) is 6.61 Å². The van der Waals surface area contributed by atoms with Gasteiger partial charge in [0.2, 0.25) is 0 Å². The minimum atomic E-state index is -1.16. The fraction of sp³-hybridized carbons (Fsp3) is 0.450. The normalized spacial score (nSPS) is 16.9. The molecular weight excluding hydrogens is 394 g/mol. The first-order chi connectivity index (χ1) is 14.3. The first kappa shape index (κ1) is 21.3. The Hall–Kier alpha value is -3.43. The van der Waals surface area contributed by atoms with E-state index in [9.17, 15) is 24.0 Å². The van der Waals surface area contributed by atoms with E-state index in [0.717, 1.165) is 4.90 Å². The molecule has 2 aliphatic rings. The summed E-state index contributed by atoms with van der Waals surface area (Å²) in [6.45, 7) is 4.10. The third-order valence-electron chi connectivity index (χ3n) is 5.05. The maximum atomic E-state index is 12.5. The van der Waals surface area contributed by atoms with Crippen molar-refractivity contribution in [3.05, 3.63) is 35.4 Å². The molecule has 0 N–H and O–H groups in total. The highest BCUT2D eigenvalue weighted by atomic mass is 16.6. The quantitative estimate of drug-likeness (QED) is 0.507. The van der Waals surface area contributed by atoms with E-state index in [2.05, 4.69) is 0 Å². The standard InChI is InChI=1S/C20H23N3O7/c1-3-29-20(28)22-10-8-21(9-11-22)16(24)12-30-19(27)13(2)23-17(25)14-6-4-5-7-15(14)18(23)26/h4-7,13H,3,8-12H2,1-2H3. The van der Waals surface area contributed by atoms with Gasteiger partial charge in [0.25, 0.3) is 17.7 Å². The summed E-state index contributed by atoms with van der Waals surface area (Å²) in [6, 6.07) is 5.15. The number of rotatable bonds is 5. The molecule has 0 spiro atoms. The Kier molecular flexibility index (Phi) is 6.34. The van der Waals surface area contributed by atoms with Gasteiger partial charge in [0.05, 0.1) is 17.7 Å². The molecule has 30 heavy (non-hydrogen) atoms. The monoisotopic (exact) mass is 417 g/mol. The molecule has 0 radical (unpaired) electrons. The minimum Gasteiger partial charge on any atom is -0.454 e. The van der Waals surface area contributed by atoms with E-state index in [-0.39, 0.29) is 17.7 Å². The number of fused-ring (bicyclic) bond motifs is 1. The molecule has 0 bridgehead atoms. The van der Waals surface area contributed by atoms with Crippen molar-refractivity contribution in [1.82, 2.24) is 14.7 Å². The van der Waals surface area contributed by atoms with E-state index < -0.39 is 42.4 Å². The molecule has 1 saturated heterocycles. The van der Waals surface area contributed by atoms with Crippen molar-refractivity contribution in [1.29, 1.82) is 0 Å². The van der Waals surface area contributed by atoms with Gasteiger partial charge in [0, 0.05) is 26.2 Å². The highest BCUT2D eigenvalue weighted by Gasteiger charge is 2.41. The predicted octanol–water partition coefficient (Wildman–Crippen LogP) is 0.515. The summed E-state index contributed by atoms with van der Waals surface area (Å²) in [5.41, 5.74) is 0.468. The second-order valence-electron chi connectivity index (χ2n) is 6.88. The van der Waals surface area contributed by atoms with Crippen LogP contribution in [0.25, 0.3) is 0 Å². The number of piperazine rings is 1. The molecule has 1 atom stereocenters. The first-order valence-corrected chi connectivity index (χ1v) is 9.68. The molecule has 1 unspecified atom stereocenters. The molecule has 2 aliphatic heterocycles. The van der Waals surface area contributed by atoms with E-state index in [1.54, 1.807) is 19.1 Å². The van der Waals surface area contributed by atoms with E-state index in [1.807, 2.05) is 0 Å². The van der Waals surface area contributed by atoms with Crippen molar-refractivity contribution in [2.75, 3.05) is 39.4 Å².